The smallest absolute Gasteiger partial charge is 0.262 e. The van der Waals surface area contributed by atoms with Gasteiger partial charge in [0.05, 0.1) is 40.6 Å². The van der Waals surface area contributed by atoms with E-state index in [0.717, 1.165) is 55.1 Å². The number of amides is 1. The van der Waals surface area contributed by atoms with Crippen molar-refractivity contribution in [2.45, 2.75) is 88.6 Å². The van der Waals surface area contributed by atoms with Crippen molar-refractivity contribution in [1.82, 2.24) is 9.71 Å². The first kappa shape index (κ1) is 36.1. The lowest BCUT2D eigenvalue weighted by molar-refractivity contribution is -0.0777. The van der Waals surface area contributed by atoms with Gasteiger partial charge in [-0.3, -0.25) is 9.52 Å². The van der Waals surface area contributed by atoms with E-state index in [1.54, 1.807) is 13.2 Å². The van der Waals surface area contributed by atoms with E-state index in [0.29, 0.717) is 48.9 Å². The maximum atomic E-state index is 14.0. The fourth-order valence-electron chi connectivity index (χ4n) is 8.88. The van der Waals surface area contributed by atoms with E-state index in [2.05, 4.69) is 44.8 Å². The zero-order valence-electron chi connectivity index (χ0n) is 30.1. The molecule has 3 aromatic rings. The topological polar surface area (TPSA) is 114 Å². The molecule has 51 heavy (non-hydrogen) atoms. The summed E-state index contributed by atoms with van der Waals surface area (Å²) >= 11 is 6.49. The number of aromatic nitrogens is 1. The Kier molecular flexibility index (Phi) is 9.84. The summed E-state index contributed by atoms with van der Waals surface area (Å²) < 4.78 is 36.1. The number of ether oxygens (including phenoxy) is 2. The lowest BCUT2D eigenvalue weighted by atomic mass is 9.63. The van der Waals surface area contributed by atoms with Crippen molar-refractivity contribution in [3.63, 3.8) is 0 Å². The molecular weight excluding hydrogens is 686 g/mol. The molecule has 9 nitrogen and oxygen atoms in total. The minimum atomic E-state index is -3.00. The first-order chi connectivity index (χ1) is 24.4. The van der Waals surface area contributed by atoms with Gasteiger partial charge in [-0.05, 0) is 117 Å². The summed E-state index contributed by atoms with van der Waals surface area (Å²) in [5.41, 5.74) is 3.34. The largest absolute Gasteiger partial charge is 0.490 e. The Bertz CT molecular complexity index is 1940. The third kappa shape index (κ3) is 6.73. The highest BCUT2D eigenvalue weighted by Crippen LogP contribution is 2.50. The number of nitrogens with one attached hydrogen (secondary N) is 1. The monoisotopic (exact) mass is 735 g/mol. The summed E-state index contributed by atoms with van der Waals surface area (Å²) in [7, 11) is -1.25. The Morgan fingerprint density at radius 3 is 2.76 bits per heavy atom. The van der Waals surface area contributed by atoms with Crippen LogP contribution >= 0.6 is 11.6 Å². The summed E-state index contributed by atoms with van der Waals surface area (Å²) in [6.45, 7) is 7.49. The predicted octanol–water partition coefficient (Wildman–Crippen LogP) is 6.60. The second-order valence-corrected chi connectivity index (χ2v) is 18.2. The van der Waals surface area contributed by atoms with Crippen LogP contribution in [0.2, 0.25) is 5.02 Å². The van der Waals surface area contributed by atoms with Crippen LogP contribution in [0.5, 0.6) is 5.75 Å². The fourth-order valence-corrected chi connectivity index (χ4v) is 10.6. The van der Waals surface area contributed by atoms with E-state index in [1.165, 1.54) is 11.1 Å². The van der Waals surface area contributed by atoms with Gasteiger partial charge in [0.1, 0.15) is 17.2 Å². The van der Waals surface area contributed by atoms with Gasteiger partial charge in [0, 0.05) is 41.5 Å². The van der Waals surface area contributed by atoms with E-state index < -0.39 is 26.5 Å². The summed E-state index contributed by atoms with van der Waals surface area (Å²) in [5.74, 6) is 5.82. The number of fused-ring (bicyclic) bond motifs is 4. The van der Waals surface area contributed by atoms with E-state index in [9.17, 15) is 14.1 Å². The van der Waals surface area contributed by atoms with Crippen molar-refractivity contribution in [3.05, 3.63) is 87.6 Å². The molecule has 7 rings (SSSR count). The normalized spacial score (nSPS) is 32.9. The molecule has 1 spiro atoms. The Hall–Kier alpha value is -3.31. The molecule has 2 N–H and O–H groups in total. The number of anilines is 1. The van der Waals surface area contributed by atoms with Gasteiger partial charge in [-0.15, -0.1) is 0 Å². The van der Waals surface area contributed by atoms with Gasteiger partial charge in [-0.25, -0.2) is 9.19 Å². The average Bonchev–Trinajstić information content (AvgIpc) is 3.37. The molecule has 1 saturated carbocycles. The lowest BCUT2D eigenvalue weighted by Gasteiger charge is -2.50. The van der Waals surface area contributed by atoms with E-state index in [4.69, 9.17) is 25.5 Å². The van der Waals surface area contributed by atoms with Crippen LogP contribution in [0.4, 0.5) is 5.69 Å². The molecule has 11 heteroatoms. The van der Waals surface area contributed by atoms with Crippen molar-refractivity contribution in [2.24, 2.45) is 17.8 Å². The van der Waals surface area contributed by atoms with Crippen molar-refractivity contribution in [1.29, 1.82) is 0 Å². The number of benzene rings is 2. The zero-order valence-corrected chi connectivity index (χ0v) is 31.7. The number of nitrogens with zero attached hydrogens (tertiary/aromatic N) is 2. The first-order valence-electron chi connectivity index (χ1n) is 18.1. The minimum absolute atomic E-state index is 0.0449. The maximum absolute atomic E-state index is 14.0. The average molecular weight is 736 g/mol. The van der Waals surface area contributed by atoms with Crippen molar-refractivity contribution < 1.29 is 28.0 Å². The Balaban J connectivity index is 1.34. The van der Waals surface area contributed by atoms with Crippen molar-refractivity contribution >= 4 is 38.8 Å². The SMILES string of the molecule is C=S1(=O)NC(=O)c2ccc3c(c2)N(C[C@@H]2CC[C@H]2[C@@](Cc2nc(CO)c(C)o2)(OC)/C=C/C[C@H](C)[C@H]1C)C[C@@]1(CCCc2cc(Cl)ccc21)CO3. The number of allylic oxidation sites excluding steroid dienone is 1. The van der Waals surface area contributed by atoms with Crippen LogP contribution < -0.4 is 14.4 Å². The Labute approximate surface area is 306 Å². The number of carbonyl (C=O) groups excluding carboxylic acids is 1. The number of methoxy groups -OCH3 is 1. The molecule has 2 aliphatic heterocycles. The fraction of sp³-hybridized carbons (Fsp3) is 0.525. The lowest BCUT2D eigenvalue weighted by Crippen LogP contribution is -2.54. The van der Waals surface area contributed by atoms with E-state index in [1.807, 2.05) is 39.0 Å². The van der Waals surface area contributed by atoms with Crippen LogP contribution in [0, 0.1) is 24.7 Å². The van der Waals surface area contributed by atoms with E-state index in [-0.39, 0.29) is 29.8 Å². The van der Waals surface area contributed by atoms with Crippen molar-refractivity contribution in [3.8, 4) is 5.75 Å². The third-order valence-electron chi connectivity index (χ3n) is 12.3. The Morgan fingerprint density at radius 1 is 1.22 bits per heavy atom. The van der Waals surface area contributed by atoms with Crippen LogP contribution in [0.25, 0.3) is 0 Å². The maximum Gasteiger partial charge on any atom is 0.262 e. The molecule has 0 saturated heterocycles. The standard InChI is InChI=1S/C40H50ClN3O6S/c1-25-8-6-17-40(48-4,20-37-42-34(22-45)26(2)50-37)33-13-10-30(33)21-44-23-39(16-7-9-28-18-31(41)12-14-32(28)39)24-49-36-15-11-29(19-35(36)44)38(46)43-51(5,47)27(25)3/h6,11-12,14-15,17-19,25,27,30,33,45H,5,7-10,13,16,20-24H2,1-4H3,(H,43,46,47)/b17-6+/t25-,27+,30-,33+,39-,40+,51?/m0/s1. The number of halogens is 1. The van der Waals surface area contributed by atoms with Crippen molar-refractivity contribution in [2.75, 3.05) is 31.7 Å². The molecule has 0 radical (unpaired) electrons. The number of oxazole rings is 1. The zero-order chi connectivity index (χ0) is 36.1. The van der Waals surface area contributed by atoms with Crippen LogP contribution in [0.3, 0.4) is 0 Å². The molecule has 7 atom stereocenters. The molecule has 274 valence electrons. The highest BCUT2D eigenvalue weighted by atomic mass is 35.5. The molecule has 3 heterocycles. The summed E-state index contributed by atoms with van der Waals surface area (Å²) in [6.07, 6.45) is 10.2. The molecule has 2 bridgehead atoms. The van der Waals surface area contributed by atoms with Gasteiger partial charge in [0.15, 0.2) is 5.89 Å². The van der Waals surface area contributed by atoms with Gasteiger partial charge < -0.3 is 23.9 Å². The van der Waals surface area contributed by atoms with Gasteiger partial charge in [0.2, 0.25) is 0 Å². The van der Waals surface area contributed by atoms with Crippen LogP contribution in [0.1, 0.15) is 84.8 Å². The summed E-state index contributed by atoms with van der Waals surface area (Å²) in [4.78, 5) is 20.8. The van der Waals surface area contributed by atoms with Gasteiger partial charge in [-0.1, -0.05) is 36.7 Å². The number of hydrogen-bond donors (Lipinski definition) is 2. The van der Waals surface area contributed by atoms with Crippen LogP contribution in [-0.4, -0.2) is 63.7 Å². The highest BCUT2D eigenvalue weighted by Gasteiger charge is 2.50. The molecule has 2 aromatic carbocycles. The van der Waals surface area contributed by atoms with Crippen LogP contribution in [0.15, 0.2) is 53.0 Å². The summed E-state index contributed by atoms with van der Waals surface area (Å²) in [5, 5.41) is 10.2. The number of carbonyl (C=O) groups is 1. The summed E-state index contributed by atoms with van der Waals surface area (Å²) in [6, 6.07) is 11.8. The third-order valence-corrected chi connectivity index (χ3v) is 14.7. The second kappa shape index (κ2) is 13.9. The predicted molar refractivity (Wildman–Crippen MR) is 202 cm³/mol. The number of aliphatic hydroxyl groups is 1. The Morgan fingerprint density at radius 2 is 2.04 bits per heavy atom. The van der Waals surface area contributed by atoms with Crippen LogP contribution in [-0.2, 0) is 39.3 Å². The number of aliphatic hydroxyl groups excluding tert-OH is 1. The molecule has 2 aliphatic carbocycles. The first-order valence-corrected chi connectivity index (χ1v) is 20.3. The molecule has 1 unspecified atom stereocenters. The highest BCUT2D eigenvalue weighted by molar-refractivity contribution is 7.99. The molecule has 4 aliphatic rings. The van der Waals surface area contributed by atoms with Gasteiger partial charge in [0.25, 0.3) is 5.91 Å². The number of aryl methyl sites for hydroxylation is 2. The number of hydrogen-bond acceptors (Lipinski definition) is 8. The molecule has 1 fully saturated rings. The van der Waals surface area contributed by atoms with Gasteiger partial charge in [-0.2, -0.15) is 0 Å². The molecule has 1 amide bonds. The quantitative estimate of drug-likeness (QED) is 0.228. The minimum Gasteiger partial charge on any atom is -0.490 e. The van der Waals surface area contributed by atoms with E-state index >= 15 is 0 Å². The molecule has 1 aromatic heterocycles. The second-order valence-electron chi connectivity index (χ2n) is 15.3. The van der Waals surface area contributed by atoms with Gasteiger partial charge >= 0.3 is 0 Å². The molecular formula is C40H50ClN3O6S. The number of rotatable bonds is 4.